The lowest BCUT2D eigenvalue weighted by atomic mass is 10.1. The van der Waals surface area contributed by atoms with E-state index in [1.807, 2.05) is 18.7 Å². The Morgan fingerprint density at radius 3 is 2.67 bits per heavy atom. The average molecular weight is 171 g/mol. The van der Waals surface area contributed by atoms with Gasteiger partial charge in [0.05, 0.1) is 12.6 Å². The minimum atomic E-state index is -0.295. The maximum atomic E-state index is 10.9. The van der Waals surface area contributed by atoms with Crippen LogP contribution in [-0.2, 0) is 4.79 Å². The van der Waals surface area contributed by atoms with Gasteiger partial charge < -0.3 is 5.11 Å². The van der Waals surface area contributed by atoms with Crippen molar-refractivity contribution in [3.8, 4) is 0 Å². The zero-order valence-electron chi connectivity index (χ0n) is 7.79. The SMILES string of the molecule is CC(C)C(O)CN1CCC(=O)C1. The Morgan fingerprint density at radius 2 is 2.25 bits per heavy atom. The van der Waals surface area contributed by atoms with Crippen LogP contribution in [0.25, 0.3) is 0 Å². The molecule has 0 saturated carbocycles. The lowest BCUT2D eigenvalue weighted by Crippen LogP contribution is -2.33. The molecule has 3 heteroatoms. The second-order valence-electron chi connectivity index (χ2n) is 3.84. The number of likely N-dealkylation sites (tertiary alicyclic amines) is 1. The predicted octanol–water partition coefficient (Wildman–Crippen LogP) is 0.278. The van der Waals surface area contributed by atoms with E-state index >= 15 is 0 Å². The largest absolute Gasteiger partial charge is 0.392 e. The van der Waals surface area contributed by atoms with Crippen LogP contribution in [0.5, 0.6) is 0 Å². The molecule has 0 aromatic heterocycles. The van der Waals surface area contributed by atoms with Gasteiger partial charge in [-0.05, 0) is 5.92 Å². The van der Waals surface area contributed by atoms with E-state index in [1.54, 1.807) is 0 Å². The Morgan fingerprint density at radius 1 is 1.58 bits per heavy atom. The Balaban J connectivity index is 2.27. The molecule has 0 amide bonds. The number of carbonyl (C=O) groups excluding carboxylic acids is 1. The minimum Gasteiger partial charge on any atom is -0.392 e. The highest BCUT2D eigenvalue weighted by atomic mass is 16.3. The van der Waals surface area contributed by atoms with Gasteiger partial charge >= 0.3 is 0 Å². The van der Waals surface area contributed by atoms with Crippen LogP contribution in [-0.4, -0.2) is 41.5 Å². The number of hydrogen-bond donors (Lipinski definition) is 1. The maximum absolute atomic E-state index is 10.9. The molecule has 3 nitrogen and oxygen atoms in total. The zero-order chi connectivity index (χ0) is 9.14. The van der Waals surface area contributed by atoms with Crippen LogP contribution in [0.15, 0.2) is 0 Å². The van der Waals surface area contributed by atoms with E-state index < -0.39 is 0 Å². The van der Waals surface area contributed by atoms with Crippen molar-refractivity contribution in [2.45, 2.75) is 26.4 Å². The lowest BCUT2D eigenvalue weighted by molar-refractivity contribution is -0.117. The predicted molar refractivity (Wildman–Crippen MR) is 46.9 cm³/mol. The summed E-state index contributed by atoms with van der Waals surface area (Å²) in [5.41, 5.74) is 0. The van der Waals surface area contributed by atoms with E-state index in [2.05, 4.69) is 0 Å². The van der Waals surface area contributed by atoms with Crippen LogP contribution in [0.4, 0.5) is 0 Å². The van der Waals surface area contributed by atoms with Crippen molar-refractivity contribution in [1.82, 2.24) is 4.90 Å². The van der Waals surface area contributed by atoms with Crippen LogP contribution < -0.4 is 0 Å². The highest BCUT2D eigenvalue weighted by Gasteiger charge is 2.22. The first-order valence-corrected chi connectivity index (χ1v) is 4.51. The summed E-state index contributed by atoms with van der Waals surface area (Å²) in [5, 5.41) is 9.52. The molecule has 1 rings (SSSR count). The molecular weight excluding hydrogens is 154 g/mol. The smallest absolute Gasteiger partial charge is 0.148 e. The Labute approximate surface area is 73.4 Å². The van der Waals surface area contributed by atoms with Crippen molar-refractivity contribution in [3.05, 3.63) is 0 Å². The number of nitrogens with zero attached hydrogens (tertiary/aromatic N) is 1. The summed E-state index contributed by atoms with van der Waals surface area (Å²) in [6.07, 6.45) is 0.362. The van der Waals surface area contributed by atoms with Crippen molar-refractivity contribution in [2.24, 2.45) is 5.92 Å². The second-order valence-corrected chi connectivity index (χ2v) is 3.84. The van der Waals surface area contributed by atoms with Gasteiger partial charge in [0.2, 0.25) is 0 Å². The molecule has 1 aliphatic heterocycles. The Hall–Kier alpha value is -0.410. The summed E-state index contributed by atoms with van der Waals surface area (Å²) in [4.78, 5) is 12.9. The molecule has 0 aliphatic carbocycles. The van der Waals surface area contributed by atoms with E-state index in [-0.39, 0.29) is 12.0 Å². The van der Waals surface area contributed by atoms with Crippen LogP contribution in [0.3, 0.4) is 0 Å². The molecule has 0 radical (unpaired) electrons. The summed E-state index contributed by atoms with van der Waals surface area (Å²) in [6.45, 7) is 5.97. The highest BCUT2D eigenvalue weighted by molar-refractivity contribution is 5.82. The van der Waals surface area contributed by atoms with Gasteiger partial charge in [-0.15, -0.1) is 0 Å². The molecule has 0 aromatic rings. The molecule has 1 aliphatic rings. The van der Waals surface area contributed by atoms with Crippen molar-refractivity contribution < 1.29 is 9.90 Å². The summed E-state index contributed by atoms with van der Waals surface area (Å²) in [5.74, 6) is 0.576. The molecular formula is C9H17NO2. The standard InChI is InChI=1S/C9H17NO2/c1-7(2)9(12)6-10-4-3-8(11)5-10/h7,9,12H,3-6H2,1-2H3. The lowest BCUT2D eigenvalue weighted by Gasteiger charge is -2.20. The van der Waals surface area contributed by atoms with E-state index in [0.29, 0.717) is 25.3 Å². The molecule has 1 atom stereocenters. The van der Waals surface area contributed by atoms with Crippen molar-refractivity contribution in [2.75, 3.05) is 19.6 Å². The molecule has 1 saturated heterocycles. The molecule has 0 aromatic carbocycles. The van der Waals surface area contributed by atoms with Crippen LogP contribution in [0.2, 0.25) is 0 Å². The molecule has 12 heavy (non-hydrogen) atoms. The van der Waals surface area contributed by atoms with Gasteiger partial charge in [-0.2, -0.15) is 0 Å². The fourth-order valence-corrected chi connectivity index (χ4v) is 1.32. The number of Topliss-reactive ketones (excluding diaryl/α,β-unsaturated/α-hetero) is 1. The molecule has 70 valence electrons. The Kier molecular flexibility index (Phi) is 3.23. The third kappa shape index (κ3) is 2.57. The van der Waals surface area contributed by atoms with Crippen LogP contribution in [0.1, 0.15) is 20.3 Å². The number of aliphatic hydroxyl groups excluding tert-OH is 1. The summed E-state index contributed by atoms with van der Waals surface area (Å²) < 4.78 is 0. The van der Waals surface area contributed by atoms with Crippen LogP contribution in [0, 0.1) is 5.92 Å². The topological polar surface area (TPSA) is 40.5 Å². The first-order valence-electron chi connectivity index (χ1n) is 4.51. The molecule has 0 bridgehead atoms. The van der Waals surface area contributed by atoms with Gasteiger partial charge in [0, 0.05) is 19.5 Å². The van der Waals surface area contributed by atoms with Gasteiger partial charge in [-0.3, -0.25) is 9.69 Å². The quantitative estimate of drug-likeness (QED) is 0.663. The van der Waals surface area contributed by atoms with Crippen molar-refractivity contribution in [3.63, 3.8) is 0 Å². The fourth-order valence-electron chi connectivity index (χ4n) is 1.32. The van der Waals surface area contributed by atoms with Gasteiger partial charge in [0.1, 0.15) is 5.78 Å². The van der Waals surface area contributed by atoms with E-state index in [0.717, 1.165) is 6.54 Å². The number of hydrogen-bond acceptors (Lipinski definition) is 3. The monoisotopic (exact) mass is 171 g/mol. The van der Waals surface area contributed by atoms with Gasteiger partial charge in [-0.1, -0.05) is 13.8 Å². The van der Waals surface area contributed by atoms with Crippen molar-refractivity contribution in [1.29, 1.82) is 0 Å². The first-order chi connectivity index (χ1) is 5.59. The molecule has 1 N–H and O–H groups in total. The van der Waals surface area contributed by atoms with Crippen LogP contribution >= 0.6 is 0 Å². The van der Waals surface area contributed by atoms with Gasteiger partial charge in [0.15, 0.2) is 0 Å². The molecule has 1 fully saturated rings. The number of β-amino-alcohol motifs (C(OH)–C–C–N with tert-alkyl or cyclic N) is 1. The van der Waals surface area contributed by atoms with E-state index in [9.17, 15) is 9.90 Å². The van der Waals surface area contributed by atoms with E-state index in [1.165, 1.54) is 0 Å². The third-order valence-corrected chi connectivity index (χ3v) is 2.32. The fraction of sp³-hybridized carbons (Fsp3) is 0.889. The Bertz CT molecular complexity index is 168. The zero-order valence-corrected chi connectivity index (χ0v) is 7.79. The summed E-state index contributed by atoms with van der Waals surface area (Å²) in [7, 11) is 0. The van der Waals surface area contributed by atoms with Gasteiger partial charge in [-0.25, -0.2) is 0 Å². The molecule has 0 spiro atoms. The average Bonchev–Trinajstić information content (AvgIpc) is 2.35. The summed E-state index contributed by atoms with van der Waals surface area (Å²) in [6, 6.07) is 0. The maximum Gasteiger partial charge on any atom is 0.148 e. The summed E-state index contributed by atoms with van der Waals surface area (Å²) >= 11 is 0. The highest BCUT2D eigenvalue weighted by Crippen LogP contribution is 2.08. The molecule has 1 heterocycles. The van der Waals surface area contributed by atoms with E-state index in [4.69, 9.17) is 0 Å². The number of aliphatic hydroxyl groups is 1. The first kappa shape index (κ1) is 9.68. The second kappa shape index (κ2) is 4.01. The normalized spacial score (nSPS) is 22.2. The molecule has 1 unspecified atom stereocenters. The third-order valence-electron chi connectivity index (χ3n) is 2.32. The van der Waals surface area contributed by atoms with Crippen molar-refractivity contribution >= 4 is 5.78 Å². The minimum absolute atomic E-state index is 0.278. The number of ketones is 1. The number of rotatable bonds is 3. The van der Waals surface area contributed by atoms with Gasteiger partial charge in [0.25, 0.3) is 0 Å². The number of carbonyl (C=O) groups is 1.